The smallest absolute Gasteiger partial charge is 0.134 e. The van der Waals surface area contributed by atoms with Crippen molar-refractivity contribution < 1.29 is 0 Å². The minimum atomic E-state index is -0.148. The number of benzene rings is 1. The Morgan fingerprint density at radius 3 is 2.55 bits per heavy atom. The third kappa shape index (κ3) is 2.66. The van der Waals surface area contributed by atoms with Gasteiger partial charge in [-0.15, -0.1) is 0 Å². The molecule has 4 nitrogen and oxygen atoms in total. The molecule has 0 bridgehead atoms. The van der Waals surface area contributed by atoms with Crippen molar-refractivity contribution in [1.29, 1.82) is 0 Å². The second-order valence-electron chi connectivity index (χ2n) is 5.82. The predicted molar refractivity (Wildman–Crippen MR) is 84.3 cm³/mol. The summed E-state index contributed by atoms with van der Waals surface area (Å²) >= 11 is 0. The van der Waals surface area contributed by atoms with Crippen LogP contribution >= 0.6 is 0 Å². The summed E-state index contributed by atoms with van der Waals surface area (Å²) in [6.07, 6.45) is 5.03. The quantitative estimate of drug-likeness (QED) is 0.786. The zero-order valence-corrected chi connectivity index (χ0v) is 12.3. The van der Waals surface area contributed by atoms with E-state index >= 15 is 0 Å². The van der Waals surface area contributed by atoms with E-state index in [9.17, 15) is 0 Å². The first-order valence-electron chi connectivity index (χ1n) is 7.64. The van der Waals surface area contributed by atoms with Crippen LogP contribution < -0.4 is 10.6 Å². The predicted octanol–water partition coefficient (Wildman–Crippen LogP) is 2.04. The molecule has 1 fully saturated rings. The summed E-state index contributed by atoms with van der Waals surface area (Å²) in [5.74, 6) is 1.10. The Hall–Kier alpha value is -1.55. The van der Waals surface area contributed by atoms with Crippen LogP contribution in [0.2, 0.25) is 0 Å². The Morgan fingerprint density at radius 1 is 1.10 bits per heavy atom. The van der Waals surface area contributed by atoms with Gasteiger partial charge in [-0.05, 0) is 25.0 Å². The van der Waals surface area contributed by atoms with Crippen molar-refractivity contribution in [2.45, 2.75) is 31.8 Å². The molecular weight excluding hydrogens is 248 g/mol. The molecule has 1 aromatic carbocycles. The summed E-state index contributed by atoms with van der Waals surface area (Å²) in [7, 11) is 2.10. The first-order chi connectivity index (χ1) is 9.75. The lowest BCUT2D eigenvalue weighted by Gasteiger charge is -2.26. The number of para-hydroxylation sites is 1. The van der Waals surface area contributed by atoms with Crippen molar-refractivity contribution in [2.75, 3.05) is 31.6 Å². The highest BCUT2D eigenvalue weighted by atomic mass is 15.2. The monoisotopic (exact) mass is 272 g/mol. The van der Waals surface area contributed by atoms with Gasteiger partial charge in [0.05, 0.1) is 6.54 Å². The van der Waals surface area contributed by atoms with Gasteiger partial charge in [-0.2, -0.15) is 0 Å². The van der Waals surface area contributed by atoms with E-state index in [-0.39, 0.29) is 6.17 Å². The van der Waals surface area contributed by atoms with Crippen LogP contribution in [0.15, 0.2) is 29.3 Å². The molecule has 4 heteroatoms. The number of hydrogen-bond acceptors (Lipinski definition) is 4. The SMILES string of the molecule is CN1CC(N)N=C(N2CCCCCC2)c2ccccc21. The fourth-order valence-corrected chi connectivity index (χ4v) is 3.18. The molecule has 0 radical (unpaired) electrons. The van der Waals surface area contributed by atoms with Crippen LogP contribution in [-0.2, 0) is 0 Å². The minimum Gasteiger partial charge on any atom is -0.371 e. The van der Waals surface area contributed by atoms with Gasteiger partial charge in [-0.1, -0.05) is 25.0 Å². The first-order valence-corrected chi connectivity index (χ1v) is 7.64. The van der Waals surface area contributed by atoms with Gasteiger partial charge in [0.1, 0.15) is 12.0 Å². The molecule has 0 aromatic heterocycles. The molecule has 0 saturated carbocycles. The molecule has 1 atom stereocenters. The topological polar surface area (TPSA) is 44.9 Å². The Bertz CT molecular complexity index is 489. The van der Waals surface area contributed by atoms with E-state index in [0.29, 0.717) is 0 Å². The highest BCUT2D eigenvalue weighted by Crippen LogP contribution is 2.25. The molecule has 0 aliphatic carbocycles. The normalized spacial score (nSPS) is 23.7. The molecule has 3 rings (SSSR count). The second-order valence-corrected chi connectivity index (χ2v) is 5.82. The number of nitrogens with zero attached hydrogens (tertiary/aromatic N) is 3. The average molecular weight is 272 g/mol. The molecule has 0 amide bonds. The van der Waals surface area contributed by atoms with E-state index in [1.807, 2.05) is 0 Å². The summed E-state index contributed by atoms with van der Waals surface area (Å²) in [5.41, 5.74) is 8.65. The number of anilines is 1. The Morgan fingerprint density at radius 2 is 1.80 bits per heavy atom. The fourth-order valence-electron chi connectivity index (χ4n) is 3.18. The number of amidine groups is 1. The van der Waals surface area contributed by atoms with Crippen molar-refractivity contribution in [3.05, 3.63) is 29.8 Å². The molecule has 1 unspecified atom stereocenters. The number of nitrogens with two attached hydrogens (primary N) is 1. The van der Waals surface area contributed by atoms with Gasteiger partial charge in [0.25, 0.3) is 0 Å². The second kappa shape index (κ2) is 5.83. The zero-order valence-electron chi connectivity index (χ0n) is 12.3. The van der Waals surface area contributed by atoms with Gasteiger partial charge in [-0.3, -0.25) is 0 Å². The van der Waals surface area contributed by atoms with Gasteiger partial charge in [-0.25, -0.2) is 4.99 Å². The Labute approximate surface area is 121 Å². The lowest BCUT2D eigenvalue weighted by atomic mass is 10.1. The highest BCUT2D eigenvalue weighted by Gasteiger charge is 2.23. The molecule has 2 aliphatic rings. The molecular formula is C16H24N4. The fraction of sp³-hybridized carbons (Fsp3) is 0.562. The Kier molecular flexibility index (Phi) is 3.92. The summed E-state index contributed by atoms with van der Waals surface area (Å²) in [5, 5.41) is 0. The molecule has 0 spiro atoms. The highest BCUT2D eigenvalue weighted by molar-refractivity contribution is 6.04. The van der Waals surface area contributed by atoms with E-state index in [4.69, 9.17) is 10.7 Å². The lowest BCUT2D eigenvalue weighted by molar-refractivity contribution is 0.432. The number of likely N-dealkylation sites (tertiary alicyclic amines) is 1. The number of likely N-dealkylation sites (N-methyl/N-ethyl adjacent to an activating group) is 1. The van der Waals surface area contributed by atoms with Gasteiger partial charge in [0.15, 0.2) is 0 Å². The first kappa shape index (κ1) is 13.4. The number of aliphatic imine (C=N–C) groups is 1. The molecule has 2 N–H and O–H groups in total. The summed E-state index contributed by atoms with van der Waals surface area (Å²) in [6, 6.07) is 8.53. The van der Waals surface area contributed by atoms with Crippen molar-refractivity contribution in [3.63, 3.8) is 0 Å². The molecule has 108 valence electrons. The summed E-state index contributed by atoms with van der Waals surface area (Å²) in [6.45, 7) is 2.97. The third-order valence-corrected chi connectivity index (χ3v) is 4.21. The maximum absolute atomic E-state index is 6.18. The lowest BCUT2D eigenvalue weighted by Crippen LogP contribution is -2.35. The standard InChI is InChI=1S/C16H24N4/c1-19-12-15(17)18-16(13-8-4-5-9-14(13)19)20-10-6-2-3-7-11-20/h4-5,8-9,15H,2-3,6-7,10-12,17H2,1H3. The van der Waals surface area contributed by atoms with Crippen molar-refractivity contribution >= 4 is 11.5 Å². The zero-order chi connectivity index (χ0) is 13.9. The van der Waals surface area contributed by atoms with Gasteiger partial charge in [0.2, 0.25) is 0 Å². The van der Waals surface area contributed by atoms with E-state index in [1.165, 1.54) is 36.9 Å². The van der Waals surface area contributed by atoms with Crippen LogP contribution in [0.3, 0.4) is 0 Å². The van der Waals surface area contributed by atoms with Crippen LogP contribution in [0.25, 0.3) is 0 Å². The van der Waals surface area contributed by atoms with Crippen LogP contribution in [-0.4, -0.2) is 43.6 Å². The van der Waals surface area contributed by atoms with E-state index in [0.717, 1.165) is 25.5 Å². The average Bonchev–Trinajstić information content (AvgIpc) is 2.78. The molecule has 20 heavy (non-hydrogen) atoms. The van der Waals surface area contributed by atoms with Crippen LogP contribution in [0.4, 0.5) is 5.69 Å². The van der Waals surface area contributed by atoms with Crippen LogP contribution in [0.5, 0.6) is 0 Å². The van der Waals surface area contributed by atoms with Gasteiger partial charge in [0, 0.05) is 31.4 Å². The number of benzodiazepines with no additional fused rings is 1. The van der Waals surface area contributed by atoms with Crippen LogP contribution in [0, 0.1) is 0 Å². The van der Waals surface area contributed by atoms with Crippen molar-refractivity contribution in [2.24, 2.45) is 10.7 Å². The van der Waals surface area contributed by atoms with Crippen molar-refractivity contribution in [1.82, 2.24) is 4.90 Å². The number of rotatable bonds is 0. The molecule has 1 aromatic rings. The number of fused-ring (bicyclic) bond motifs is 1. The van der Waals surface area contributed by atoms with Crippen LogP contribution in [0.1, 0.15) is 31.2 Å². The molecule has 1 saturated heterocycles. The summed E-state index contributed by atoms with van der Waals surface area (Å²) in [4.78, 5) is 9.46. The largest absolute Gasteiger partial charge is 0.371 e. The van der Waals surface area contributed by atoms with Crippen molar-refractivity contribution in [3.8, 4) is 0 Å². The van der Waals surface area contributed by atoms with Gasteiger partial charge < -0.3 is 15.5 Å². The van der Waals surface area contributed by atoms with E-state index in [2.05, 4.69) is 41.1 Å². The van der Waals surface area contributed by atoms with E-state index in [1.54, 1.807) is 0 Å². The molecule has 2 aliphatic heterocycles. The van der Waals surface area contributed by atoms with E-state index < -0.39 is 0 Å². The molecule has 2 heterocycles. The third-order valence-electron chi connectivity index (χ3n) is 4.21. The summed E-state index contributed by atoms with van der Waals surface area (Å²) < 4.78 is 0. The minimum absolute atomic E-state index is 0.148. The maximum Gasteiger partial charge on any atom is 0.134 e. The number of hydrogen-bond donors (Lipinski definition) is 1. The maximum atomic E-state index is 6.18. The van der Waals surface area contributed by atoms with Gasteiger partial charge >= 0.3 is 0 Å². The Balaban J connectivity index is 2.00.